The van der Waals surface area contributed by atoms with E-state index in [4.69, 9.17) is 21.1 Å². The molecule has 0 fully saturated rings. The van der Waals surface area contributed by atoms with E-state index in [9.17, 15) is 8.42 Å². The summed E-state index contributed by atoms with van der Waals surface area (Å²) >= 11 is 5.67. The lowest BCUT2D eigenvalue weighted by atomic mass is 10.1. The molecule has 0 saturated heterocycles. The summed E-state index contributed by atoms with van der Waals surface area (Å²) < 4.78 is 37.2. The Morgan fingerprint density at radius 3 is 2.43 bits per heavy atom. The molecular formula is C14H22ClNO4S. The predicted molar refractivity (Wildman–Crippen MR) is 84.8 cm³/mol. The number of halogens is 1. The van der Waals surface area contributed by atoms with Crippen LogP contribution >= 0.6 is 11.6 Å². The van der Waals surface area contributed by atoms with Crippen LogP contribution in [0.2, 0.25) is 0 Å². The van der Waals surface area contributed by atoms with Crippen molar-refractivity contribution in [1.29, 1.82) is 0 Å². The lowest BCUT2D eigenvalue weighted by Crippen LogP contribution is -2.32. The molecule has 0 aliphatic heterocycles. The van der Waals surface area contributed by atoms with Crippen LogP contribution in [0, 0.1) is 5.92 Å². The molecule has 0 heterocycles. The Balaban J connectivity index is 2.91. The van der Waals surface area contributed by atoms with Crippen LogP contribution in [0.1, 0.15) is 25.5 Å². The third-order valence-electron chi connectivity index (χ3n) is 3.03. The van der Waals surface area contributed by atoms with E-state index < -0.39 is 16.1 Å². The smallest absolute Gasteiger partial charge is 0.212 e. The molecule has 1 N–H and O–H groups in total. The quantitative estimate of drug-likeness (QED) is 0.741. The van der Waals surface area contributed by atoms with E-state index in [1.165, 1.54) is 7.11 Å². The van der Waals surface area contributed by atoms with Crippen molar-refractivity contribution in [3.8, 4) is 11.5 Å². The number of hydrogen-bond donors (Lipinski definition) is 1. The molecule has 0 spiro atoms. The van der Waals surface area contributed by atoms with E-state index in [-0.39, 0.29) is 11.7 Å². The topological polar surface area (TPSA) is 64.6 Å². The molecule has 0 aliphatic rings. The number of sulfonamides is 1. The molecule has 0 bridgehead atoms. The minimum absolute atomic E-state index is 0.000684. The zero-order valence-corrected chi connectivity index (χ0v) is 14.3. The highest BCUT2D eigenvalue weighted by molar-refractivity contribution is 7.89. The van der Waals surface area contributed by atoms with Gasteiger partial charge in [-0.25, -0.2) is 13.1 Å². The minimum atomic E-state index is -3.40. The number of hydrogen-bond acceptors (Lipinski definition) is 4. The molecular weight excluding hydrogens is 314 g/mol. The molecule has 7 heteroatoms. The second kappa shape index (κ2) is 7.87. The maximum Gasteiger partial charge on any atom is 0.212 e. The first-order chi connectivity index (χ1) is 9.82. The van der Waals surface area contributed by atoms with Gasteiger partial charge in [0, 0.05) is 23.6 Å². The molecule has 5 nitrogen and oxygen atoms in total. The number of methoxy groups -OCH3 is 2. The van der Waals surface area contributed by atoms with Crippen LogP contribution in [0.4, 0.5) is 0 Å². The standard InChI is InChI=1S/C14H22ClNO4S/c1-10(8-15)9-21(17,18)16-11(2)13-6-5-12(19-3)7-14(13)20-4/h5-7,10-11,16H,8-9H2,1-4H3. The third kappa shape index (κ3) is 5.37. The summed E-state index contributed by atoms with van der Waals surface area (Å²) in [5, 5.41) is 0. The van der Waals surface area contributed by atoms with Gasteiger partial charge >= 0.3 is 0 Å². The van der Waals surface area contributed by atoms with Gasteiger partial charge in [-0.15, -0.1) is 11.6 Å². The van der Waals surface area contributed by atoms with Gasteiger partial charge in [0.1, 0.15) is 11.5 Å². The summed E-state index contributed by atoms with van der Waals surface area (Å²) in [5.41, 5.74) is 0.750. The van der Waals surface area contributed by atoms with Gasteiger partial charge in [0.05, 0.1) is 20.0 Å². The fraction of sp³-hybridized carbons (Fsp3) is 0.571. The van der Waals surface area contributed by atoms with Crippen LogP contribution < -0.4 is 14.2 Å². The molecule has 1 aromatic carbocycles. The molecule has 2 atom stereocenters. The van der Waals surface area contributed by atoms with E-state index in [1.807, 2.05) is 0 Å². The second-order valence-corrected chi connectivity index (χ2v) is 7.10. The highest BCUT2D eigenvalue weighted by atomic mass is 35.5. The van der Waals surface area contributed by atoms with E-state index in [1.54, 1.807) is 39.2 Å². The molecule has 0 saturated carbocycles. The highest BCUT2D eigenvalue weighted by Gasteiger charge is 2.21. The largest absolute Gasteiger partial charge is 0.497 e. The normalized spacial score (nSPS) is 14.5. The average molecular weight is 336 g/mol. The van der Waals surface area contributed by atoms with Gasteiger partial charge in [0.25, 0.3) is 0 Å². The minimum Gasteiger partial charge on any atom is -0.497 e. The van der Waals surface area contributed by atoms with Crippen LogP contribution in [0.5, 0.6) is 11.5 Å². The second-order valence-electron chi connectivity index (χ2n) is 4.99. The van der Waals surface area contributed by atoms with Gasteiger partial charge in [-0.3, -0.25) is 0 Å². The van der Waals surface area contributed by atoms with Gasteiger partial charge in [0.15, 0.2) is 0 Å². The van der Waals surface area contributed by atoms with Crippen LogP contribution in [0.15, 0.2) is 18.2 Å². The lowest BCUT2D eigenvalue weighted by Gasteiger charge is -2.19. The van der Waals surface area contributed by atoms with Gasteiger partial charge in [-0.1, -0.05) is 13.0 Å². The summed E-state index contributed by atoms with van der Waals surface area (Å²) in [7, 11) is -0.302. The van der Waals surface area contributed by atoms with E-state index in [0.717, 1.165) is 5.56 Å². The number of ether oxygens (including phenoxy) is 2. The van der Waals surface area contributed by atoms with Crippen molar-refractivity contribution < 1.29 is 17.9 Å². The van der Waals surface area contributed by atoms with Crippen molar-refractivity contribution in [3.63, 3.8) is 0 Å². The molecule has 21 heavy (non-hydrogen) atoms. The maximum atomic E-state index is 12.1. The molecule has 120 valence electrons. The fourth-order valence-corrected chi connectivity index (χ4v) is 3.84. The Hall–Kier alpha value is -0.980. The summed E-state index contributed by atoms with van der Waals surface area (Å²) in [6, 6.07) is 4.87. The summed E-state index contributed by atoms with van der Waals surface area (Å²) in [4.78, 5) is 0. The molecule has 1 rings (SSSR count). The van der Waals surface area contributed by atoms with Crippen LogP contribution in [0.3, 0.4) is 0 Å². The molecule has 1 aromatic rings. The molecule has 0 aromatic heterocycles. The number of nitrogens with one attached hydrogen (secondary N) is 1. The van der Waals surface area contributed by atoms with Gasteiger partial charge in [0.2, 0.25) is 10.0 Å². The number of alkyl halides is 1. The molecule has 0 radical (unpaired) electrons. The van der Waals surface area contributed by atoms with Crippen LogP contribution in [-0.2, 0) is 10.0 Å². The first kappa shape index (κ1) is 18.1. The van der Waals surface area contributed by atoms with E-state index in [2.05, 4.69) is 4.72 Å². The molecule has 2 unspecified atom stereocenters. The van der Waals surface area contributed by atoms with Crippen molar-refractivity contribution in [2.75, 3.05) is 25.9 Å². The third-order valence-corrected chi connectivity index (χ3v) is 5.28. The highest BCUT2D eigenvalue weighted by Crippen LogP contribution is 2.29. The molecule has 0 aliphatic carbocycles. The summed E-state index contributed by atoms with van der Waals surface area (Å²) in [5.74, 6) is 1.44. The SMILES string of the molecule is COc1ccc(C(C)NS(=O)(=O)CC(C)CCl)c(OC)c1. The summed E-state index contributed by atoms with van der Waals surface area (Å²) in [6.45, 7) is 3.57. The van der Waals surface area contributed by atoms with Gasteiger partial charge in [-0.05, 0) is 18.9 Å². The first-order valence-corrected chi connectivity index (χ1v) is 8.79. The van der Waals surface area contributed by atoms with Crippen molar-refractivity contribution in [2.45, 2.75) is 19.9 Å². The Kier molecular flexibility index (Phi) is 6.77. The lowest BCUT2D eigenvalue weighted by molar-refractivity contribution is 0.388. The zero-order chi connectivity index (χ0) is 16.0. The fourth-order valence-electron chi connectivity index (χ4n) is 1.98. The molecule has 0 amide bonds. The Bertz CT molecular complexity index is 562. The maximum absolute atomic E-state index is 12.1. The van der Waals surface area contributed by atoms with Gasteiger partial charge in [-0.2, -0.15) is 0 Å². The number of benzene rings is 1. The van der Waals surface area contributed by atoms with Crippen LogP contribution in [-0.4, -0.2) is 34.3 Å². The Morgan fingerprint density at radius 1 is 1.24 bits per heavy atom. The van der Waals surface area contributed by atoms with E-state index >= 15 is 0 Å². The summed E-state index contributed by atoms with van der Waals surface area (Å²) in [6.07, 6.45) is 0. The van der Waals surface area contributed by atoms with Crippen molar-refractivity contribution in [2.24, 2.45) is 5.92 Å². The van der Waals surface area contributed by atoms with Crippen LogP contribution in [0.25, 0.3) is 0 Å². The van der Waals surface area contributed by atoms with Crippen molar-refractivity contribution >= 4 is 21.6 Å². The first-order valence-electron chi connectivity index (χ1n) is 6.60. The monoisotopic (exact) mass is 335 g/mol. The van der Waals surface area contributed by atoms with Crippen molar-refractivity contribution in [1.82, 2.24) is 4.72 Å². The van der Waals surface area contributed by atoms with Gasteiger partial charge < -0.3 is 9.47 Å². The van der Waals surface area contributed by atoms with E-state index in [0.29, 0.717) is 17.4 Å². The Labute approximate surface area is 131 Å². The zero-order valence-electron chi connectivity index (χ0n) is 12.7. The average Bonchev–Trinajstić information content (AvgIpc) is 2.45. The number of rotatable bonds is 8. The Morgan fingerprint density at radius 2 is 1.90 bits per heavy atom. The predicted octanol–water partition coefficient (Wildman–Crippen LogP) is 2.56. The van der Waals surface area contributed by atoms with Crippen molar-refractivity contribution in [3.05, 3.63) is 23.8 Å².